The highest BCUT2D eigenvalue weighted by atomic mass is 16.5. The molecule has 1 fully saturated rings. The van der Waals surface area contributed by atoms with Crippen molar-refractivity contribution in [3.8, 4) is 11.4 Å². The number of benzene rings is 2. The molecule has 10 heteroatoms. The molecular formula is C22H22N4O6. The lowest BCUT2D eigenvalue weighted by atomic mass is 10.1. The summed E-state index contributed by atoms with van der Waals surface area (Å²) < 4.78 is 6.82. The van der Waals surface area contributed by atoms with Crippen LogP contribution in [-0.4, -0.2) is 68.0 Å². The lowest BCUT2D eigenvalue weighted by Crippen LogP contribution is -2.53. The van der Waals surface area contributed by atoms with E-state index in [4.69, 9.17) is 4.74 Å². The Balaban J connectivity index is 1.94. The predicted molar refractivity (Wildman–Crippen MR) is 116 cm³/mol. The molecule has 10 nitrogen and oxygen atoms in total. The minimum Gasteiger partial charge on any atom is -0.494 e. The summed E-state index contributed by atoms with van der Waals surface area (Å²) in [5, 5.41) is 19.6. The van der Waals surface area contributed by atoms with Crippen molar-refractivity contribution in [2.45, 2.75) is 13.0 Å². The first-order valence-electron chi connectivity index (χ1n) is 10.1. The smallest absolute Gasteiger partial charge is 0.408 e. The van der Waals surface area contributed by atoms with Gasteiger partial charge in [-0.15, -0.1) is 0 Å². The second-order valence-electron chi connectivity index (χ2n) is 7.27. The average Bonchev–Trinajstić information content (AvgIpc) is 2.79. The molecule has 1 unspecified atom stereocenters. The lowest BCUT2D eigenvalue weighted by molar-refractivity contribution is 0.0601. The summed E-state index contributed by atoms with van der Waals surface area (Å²) in [6.45, 7) is 2.23. The molecule has 166 valence electrons. The molecule has 2 aromatic carbocycles. The van der Waals surface area contributed by atoms with Gasteiger partial charge >= 0.3 is 12.2 Å². The Hall–Kier alpha value is -4.08. The second-order valence-corrected chi connectivity index (χ2v) is 7.27. The molecule has 3 aromatic rings. The summed E-state index contributed by atoms with van der Waals surface area (Å²) in [6.07, 6.45) is -2.36. The van der Waals surface area contributed by atoms with Crippen molar-refractivity contribution >= 4 is 23.1 Å². The number of hydrogen-bond donors (Lipinski definition) is 2. The van der Waals surface area contributed by atoms with Crippen LogP contribution in [0.2, 0.25) is 0 Å². The van der Waals surface area contributed by atoms with Gasteiger partial charge in [0.15, 0.2) is 0 Å². The first-order chi connectivity index (χ1) is 15.4. The Morgan fingerprint density at radius 3 is 2.44 bits per heavy atom. The molecule has 32 heavy (non-hydrogen) atoms. The Kier molecular flexibility index (Phi) is 5.67. The van der Waals surface area contributed by atoms with Crippen LogP contribution in [0.5, 0.6) is 5.75 Å². The summed E-state index contributed by atoms with van der Waals surface area (Å²) in [6, 6.07) is 12.6. The molecule has 1 aromatic heterocycles. The van der Waals surface area contributed by atoms with Crippen molar-refractivity contribution in [1.82, 2.24) is 19.4 Å². The van der Waals surface area contributed by atoms with Crippen molar-refractivity contribution in [2.24, 2.45) is 0 Å². The van der Waals surface area contributed by atoms with Gasteiger partial charge in [-0.3, -0.25) is 14.3 Å². The van der Waals surface area contributed by atoms with Gasteiger partial charge in [-0.05, 0) is 43.3 Å². The number of rotatable bonds is 4. The maximum Gasteiger partial charge on any atom is 0.408 e. The van der Waals surface area contributed by atoms with Gasteiger partial charge in [0, 0.05) is 13.1 Å². The van der Waals surface area contributed by atoms with Crippen LogP contribution < -0.4 is 10.3 Å². The van der Waals surface area contributed by atoms with Gasteiger partial charge in [-0.2, -0.15) is 0 Å². The SMILES string of the molecule is CCOc1ccc(-n2c(C3CN(C(=O)O)CCN3C(=O)O)nc3ccccc3c2=O)cc1. The fourth-order valence-corrected chi connectivity index (χ4v) is 3.89. The number of amides is 2. The number of para-hydroxylation sites is 1. The Morgan fingerprint density at radius 1 is 1.06 bits per heavy atom. The highest BCUT2D eigenvalue weighted by Crippen LogP contribution is 2.27. The molecule has 0 saturated carbocycles. The van der Waals surface area contributed by atoms with Crippen LogP contribution in [0.25, 0.3) is 16.6 Å². The fraction of sp³-hybridized carbons (Fsp3) is 0.273. The summed E-state index contributed by atoms with van der Waals surface area (Å²) in [5.74, 6) is 0.785. The molecular weight excluding hydrogens is 416 g/mol. The molecule has 0 bridgehead atoms. The van der Waals surface area contributed by atoms with Crippen LogP contribution in [0.3, 0.4) is 0 Å². The van der Waals surface area contributed by atoms with E-state index in [0.29, 0.717) is 28.9 Å². The average molecular weight is 438 g/mol. The van der Waals surface area contributed by atoms with Gasteiger partial charge in [-0.25, -0.2) is 14.6 Å². The maximum atomic E-state index is 13.5. The van der Waals surface area contributed by atoms with Crippen molar-refractivity contribution in [3.05, 3.63) is 64.7 Å². The third-order valence-corrected chi connectivity index (χ3v) is 5.40. The summed E-state index contributed by atoms with van der Waals surface area (Å²) >= 11 is 0. The number of aromatic nitrogens is 2. The minimum atomic E-state index is -1.21. The predicted octanol–water partition coefficient (Wildman–Crippen LogP) is 2.80. The zero-order valence-corrected chi connectivity index (χ0v) is 17.3. The van der Waals surface area contributed by atoms with Gasteiger partial charge in [0.25, 0.3) is 5.56 Å². The molecule has 2 amide bonds. The monoisotopic (exact) mass is 438 g/mol. The summed E-state index contributed by atoms with van der Waals surface area (Å²) in [7, 11) is 0. The van der Waals surface area contributed by atoms with Crippen LogP contribution in [-0.2, 0) is 0 Å². The van der Waals surface area contributed by atoms with Gasteiger partial charge in [-0.1, -0.05) is 12.1 Å². The fourth-order valence-electron chi connectivity index (χ4n) is 3.89. The number of ether oxygens (including phenoxy) is 1. The normalized spacial score (nSPS) is 16.2. The van der Waals surface area contributed by atoms with E-state index in [1.807, 2.05) is 6.92 Å². The van der Waals surface area contributed by atoms with E-state index in [1.54, 1.807) is 48.5 Å². The first kappa shape index (κ1) is 21.2. The largest absolute Gasteiger partial charge is 0.494 e. The third kappa shape index (κ3) is 3.82. The van der Waals surface area contributed by atoms with Gasteiger partial charge in [0.05, 0.1) is 29.7 Å². The molecule has 2 N–H and O–H groups in total. The number of carboxylic acid groups (broad SMARTS) is 2. The Bertz CT molecular complexity index is 1220. The van der Waals surface area contributed by atoms with Gasteiger partial charge in [0.2, 0.25) is 0 Å². The minimum absolute atomic E-state index is 0.0295. The molecule has 0 aliphatic carbocycles. The standard InChI is InChI=1S/C22H22N4O6/c1-2-32-15-9-7-14(8-10-15)26-19(23-17-6-4-3-5-16(17)20(26)27)18-13-24(21(28)29)11-12-25(18)22(30)31/h3-10,18H,2,11-13H2,1H3,(H,28,29)(H,30,31). The zero-order valence-electron chi connectivity index (χ0n) is 17.3. The highest BCUT2D eigenvalue weighted by molar-refractivity contribution is 5.78. The van der Waals surface area contributed by atoms with Crippen LogP contribution in [0.15, 0.2) is 53.3 Å². The topological polar surface area (TPSA) is 125 Å². The zero-order chi connectivity index (χ0) is 22.8. The van der Waals surface area contributed by atoms with E-state index in [9.17, 15) is 24.6 Å². The molecule has 1 saturated heterocycles. The molecule has 2 heterocycles. The number of fused-ring (bicyclic) bond motifs is 1. The number of carbonyl (C=O) groups is 2. The van der Waals surface area contributed by atoms with Crippen molar-refractivity contribution in [1.29, 1.82) is 0 Å². The van der Waals surface area contributed by atoms with Gasteiger partial charge in [0.1, 0.15) is 17.6 Å². The van der Waals surface area contributed by atoms with E-state index in [0.717, 1.165) is 9.80 Å². The Labute approximate surface area is 182 Å². The number of piperazine rings is 1. The number of hydrogen-bond acceptors (Lipinski definition) is 5. The van der Waals surface area contributed by atoms with Crippen LogP contribution in [0, 0.1) is 0 Å². The van der Waals surface area contributed by atoms with E-state index >= 15 is 0 Å². The quantitative estimate of drug-likeness (QED) is 0.642. The van der Waals surface area contributed by atoms with E-state index in [1.165, 1.54) is 4.57 Å². The molecule has 1 aliphatic heterocycles. The second kappa shape index (κ2) is 8.58. The Morgan fingerprint density at radius 2 is 1.78 bits per heavy atom. The maximum absolute atomic E-state index is 13.5. The third-order valence-electron chi connectivity index (χ3n) is 5.40. The first-order valence-corrected chi connectivity index (χ1v) is 10.1. The van der Waals surface area contributed by atoms with Crippen molar-refractivity contribution in [2.75, 3.05) is 26.2 Å². The van der Waals surface area contributed by atoms with E-state index in [-0.39, 0.29) is 31.0 Å². The molecule has 1 aliphatic rings. The number of nitrogens with zero attached hydrogens (tertiary/aromatic N) is 4. The lowest BCUT2D eigenvalue weighted by Gasteiger charge is -2.38. The van der Waals surface area contributed by atoms with Crippen LogP contribution >= 0.6 is 0 Å². The highest BCUT2D eigenvalue weighted by Gasteiger charge is 2.36. The molecule has 4 rings (SSSR count). The van der Waals surface area contributed by atoms with Crippen LogP contribution in [0.1, 0.15) is 18.8 Å². The van der Waals surface area contributed by atoms with Crippen molar-refractivity contribution in [3.63, 3.8) is 0 Å². The van der Waals surface area contributed by atoms with E-state index < -0.39 is 18.2 Å². The van der Waals surface area contributed by atoms with Crippen LogP contribution in [0.4, 0.5) is 9.59 Å². The summed E-state index contributed by atoms with van der Waals surface area (Å²) in [4.78, 5) is 43.9. The summed E-state index contributed by atoms with van der Waals surface area (Å²) in [5.41, 5.74) is 0.518. The van der Waals surface area contributed by atoms with Crippen molar-refractivity contribution < 1.29 is 24.5 Å². The molecule has 0 spiro atoms. The molecule has 0 radical (unpaired) electrons. The van der Waals surface area contributed by atoms with Gasteiger partial charge < -0.3 is 19.8 Å². The molecule has 1 atom stereocenters. The van der Waals surface area contributed by atoms with E-state index in [2.05, 4.69) is 4.98 Å².